The highest BCUT2D eigenvalue weighted by atomic mass is 35.5. The van der Waals surface area contributed by atoms with Crippen molar-refractivity contribution < 1.29 is 9.53 Å². The van der Waals surface area contributed by atoms with Crippen molar-refractivity contribution in [2.45, 2.75) is 18.6 Å². The Bertz CT molecular complexity index is 585. The van der Waals surface area contributed by atoms with Crippen LogP contribution in [0.3, 0.4) is 0 Å². The summed E-state index contributed by atoms with van der Waals surface area (Å²) >= 11 is 5.89. The van der Waals surface area contributed by atoms with Gasteiger partial charge in [-0.05, 0) is 24.6 Å². The summed E-state index contributed by atoms with van der Waals surface area (Å²) in [5.41, 5.74) is 5.31. The number of nitrogens with zero attached hydrogens (tertiary/aromatic N) is 3. The molecule has 2 aromatic rings. The Morgan fingerprint density at radius 2 is 2.10 bits per heavy atom. The van der Waals surface area contributed by atoms with E-state index in [2.05, 4.69) is 10.3 Å². The van der Waals surface area contributed by atoms with E-state index in [4.69, 9.17) is 22.1 Å². The molecule has 0 bridgehead atoms. The van der Waals surface area contributed by atoms with Gasteiger partial charge in [-0.2, -0.15) is 0 Å². The molecule has 0 aliphatic heterocycles. The first kappa shape index (κ1) is 14.5. The number of nitrogens with two attached hydrogens (primary N) is 1. The highest BCUT2D eigenvalue weighted by Gasteiger charge is 2.42. The zero-order valence-corrected chi connectivity index (χ0v) is 11.9. The third-order valence-corrected chi connectivity index (χ3v) is 3.59. The molecule has 6 nitrogen and oxygen atoms in total. The first-order valence-corrected chi connectivity index (χ1v) is 6.33. The van der Waals surface area contributed by atoms with Gasteiger partial charge in [-0.15, -0.1) is 5.10 Å². The minimum Gasteiger partial charge on any atom is -0.371 e. The van der Waals surface area contributed by atoms with Crippen molar-refractivity contribution in [1.29, 1.82) is 0 Å². The fourth-order valence-corrected chi connectivity index (χ4v) is 2.30. The number of carbonyl (C=O) groups is 1. The summed E-state index contributed by atoms with van der Waals surface area (Å²) in [6.07, 6.45) is 3.05. The maximum absolute atomic E-state index is 11.9. The molecule has 0 spiro atoms. The van der Waals surface area contributed by atoms with Crippen molar-refractivity contribution >= 4 is 17.5 Å². The van der Waals surface area contributed by atoms with Gasteiger partial charge in [-0.1, -0.05) is 28.9 Å². The van der Waals surface area contributed by atoms with E-state index in [0.29, 0.717) is 5.02 Å². The maximum atomic E-state index is 11.9. The summed E-state index contributed by atoms with van der Waals surface area (Å²) in [4.78, 5) is 11.9. The molecule has 2 N–H and O–H groups in total. The minimum absolute atomic E-state index is 0.560. The lowest BCUT2D eigenvalue weighted by Gasteiger charge is -2.34. The Morgan fingerprint density at radius 1 is 1.45 bits per heavy atom. The number of rotatable bonds is 5. The molecule has 2 atom stereocenters. The van der Waals surface area contributed by atoms with Crippen LogP contribution in [0.1, 0.15) is 18.5 Å². The molecule has 2 unspecified atom stereocenters. The van der Waals surface area contributed by atoms with Gasteiger partial charge in [0.05, 0.1) is 6.20 Å². The van der Waals surface area contributed by atoms with E-state index in [1.807, 2.05) is 0 Å². The normalized spacial score (nSPS) is 15.6. The van der Waals surface area contributed by atoms with Crippen LogP contribution in [0.15, 0.2) is 36.7 Å². The SMILES string of the molecule is COC(C)(c1ccc(Cl)cc1)C(C(N)=O)n1ccnn1. The van der Waals surface area contributed by atoms with Crippen LogP contribution >= 0.6 is 11.6 Å². The highest BCUT2D eigenvalue weighted by molar-refractivity contribution is 6.30. The molecule has 0 saturated heterocycles. The fourth-order valence-electron chi connectivity index (χ4n) is 2.18. The third kappa shape index (κ3) is 2.52. The van der Waals surface area contributed by atoms with Gasteiger partial charge >= 0.3 is 0 Å². The van der Waals surface area contributed by atoms with Gasteiger partial charge < -0.3 is 10.5 Å². The topological polar surface area (TPSA) is 83.0 Å². The van der Waals surface area contributed by atoms with Gasteiger partial charge in [0, 0.05) is 18.3 Å². The van der Waals surface area contributed by atoms with Crippen LogP contribution in [-0.4, -0.2) is 28.0 Å². The van der Waals surface area contributed by atoms with Crippen LogP contribution in [0, 0.1) is 0 Å². The van der Waals surface area contributed by atoms with Gasteiger partial charge in [0.2, 0.25) is 5.91 Å². The molecule has 20 heavy (non-hydrogen) atoms. The second-order valence-corrected chi connectivity index (χ2v) is 4.94. The van der Waals surface area contributed by atoms with Gasteiger partial charge in [0.25, 0.3) is 0 Å². The molecule has 0 fully saturated rings. The number of benzene rings is 1. The number of methoxy groups -OCH3 is 1. The van der Waals surface area contributed by atoms with E-state index in [0.717, 1.165) is 5.56 Å². The molecule has 1 heterocycles. The van der Waals surface area contributed by atoms with Gasteiger partial charge in [-0.25, -0.2) is 4.68 Å². The van der Waals surface area contributed by atoms with Crippen molar-refractivity contribution in [1.82, 2.24) is 15.0 Å². The molecule has 1 amide bonds. The number of halogens is 1. The smallest absolute Gasteiger partial charge is 0.245 e. The second-order valence-electron chi connectivity index (χ2n) is 4.51. The van der Waals surface area contributed by atoms with Crippen molar-refractivity contribution in [2.24, 2.45) is 5.73 Å². The van der Waals surface area contributed by atoms with Crippen molar-refractivity contribution in [3.63, 3.8) is 0 Å². The number of hydrogen-bond donors (Lipinski definition) is 1. The number of carbonyl (C=O) groups excluding carboxylic acids is 1. The van der Waals surface area contributed by atoms with E-state index in [-0.39, 0.29) is 0 Å². The molecule has 106 valence electrons. The van der Waals surface area contributed by atoms with Gasteiger partial charge in [-0.3, -0.25) is 4.79 Å². The Kier molecular flexibility index (Phi) is 4.06. The average molecular weight is 295 g/mol. The Morgan fingerprint density at radius 3 is 2.55 bits per heavy atom. The number of primary amides is 1. The molecule has 7 heteroatoms. The summed E-state index contributed by atoms with van der Waals surface area (Å²) in [6.45, 7) is 1.77. The van der Waals surface area contributed by atoms with E-state index in [1.54, 1.807) is 37.4 Å². The van der Waals surface area contributed by atoms with Crippen LogP contribution in [0.4, 0.5) is 0 Å². The van der Waals surface area contributed by atoms with Crippen molar-refractivity contribution in [3.05, 3.63) is 47.2 Å². The molecule has 0 aliphatic carbocycles. The molecule has 0 saturated carbocycles. The number of hydrogen-bond acceptors (Lipinski definition) is 4. The first-order chi connectivity index (χ1) is 9.49. The zero-order valence-electron chi connectivity index (χ0n) is 11.2. The molecule has 0 aliphatic rings. The van der Waals surface area contributed by atoms with Crippen LogP contribution in [0.25, 0.3) is 0 Å². The summed E-state index contributed by atoms with van der Waals surface area (Å²) in [7, 11) is 1.52. The standard InChI is InChI=1S/C13H15ClN4O2/c1-13(20-2,9-3-5-10(14)6-4-9)11(12(15)19)18-8-7-16-17-18/h3-8,11H,1-2H3,(H2,15,19). The molecule has 2 rings (SSSR count). The van der Waals surface area contributed by atoms with Gasteiger partial charge in [0.1, 0.15) is 5.60 Å². The average Bonchev–Trinajstić information content (AvgIpc) is 2.92. The first-order valence-electron chi connectivity index (χ1n) is 5.95. The highest BCUT2D eigenvalue weighted by Crippen LogP contribution is 2.36. The lowest BCUT2D eigenvalue weighted by Crippen LogP contribution is -2.44. The summed E-state index contributed by atoms with van der Waals surface area (Å²) < 4.78 is 6.97. The van der Waals surface area contributed by atoms with Crippen molar-refractivity contribution in [2.75, 3.05) is 7.11 Å². The Labute approximate surface area is 121 Å². The van der Waals surface area contributed by atoms with E-state index < -0.39 is 17.6 Å². The molecule has 1 aromatic carbocycles. The molecule has 1 aromatic heterocycles. The Hall–Kier alpha value is -1.92. The zero-order chi connectivity index (χ0) is 14.8. The van der Waals surface area contributed by atoms with E-state index in [9.17, 15) is 4.79 Å². The fraction of sp³-hybridized carbons (Fsp3) is 0.308. The molecular weight excluding hydrogens is 280 g/mol. The lowest BCUT2D eigenvalue weighted by molar-refractivity contribution is -0.133. The molecule has 0 radical (unpaired) electrons. The monoisotopic (exact) mass is 294 g/mol. The second kappa shape index (κ2) is 5.60. The van der Waals surface area contributed by atoms with Crippen molar-refractivity contribution in [3.8, 4) is 0 Å². The van der Waals surface area contributed by atoms with E-state index >= 15 is 0 Å². The Balaban J connectivity index is 2.52. The summed E-state index contributed by atoms with van der Waals surface area (Å²) in [6, 6.07) is 6.22. The predicted octanol–water partition coefficient (Wildman–Crippen LogP) is 1.52. The van der Waals surface area contributed by atoms with Crippen LogP contribution in [-0.2, 0) is 15.1 Å². The van der Waals surface area contributed by atoms with Crippen LogP contribution < -0.4 is 5.73 Å². The van der Waals surface area contributed by atoms with Gasteiger partial charge in [0.15, 0.2) is 6.04 Å². The van der Waals surface area contributed by atoms with Crippen LogP contribution in [0.2, 0.25) is 5.02 Å². The summed E-state index contributed by atoms with van der Waals surface area (Å²) in [5.74, 6) is -0.560. The predicted molar refractivity (Wildman–Crippen MR) is 74.1 cm³/mol. The van der Waals surface area contributed by atoms with Crippen LogP contribution in [0.5, 0.6) is 0 Å². The number of ether oxygens (including phenoxy) is 1. The summed E-state index contributed by atoms with van der Waals surface area (Å²) in [5, 5.41) is 8.16. The quantitative estimate of drug-likeness (QED) is 0.906. The largest absolute Gasteiger partial charge is 0.371 e. The minimum atomic E-state index is -0.982. The maximum Gasteiger partial charge on any atom is 0.245 e. The number of aromatic nitrogens is 3. The molecular formula is C13H15ClN4O2. The lowest BCUT2D eigenvalue weighted by atomic mass is 9.87. The van der Waals surface area contributed by atoms with E-state index in [1.165, 1.54) is 18.0 Å². The number of amides is 1. The third-order valence-electron chi connectivity index (χ3n) is 3.34.